The molecule has 0 radical (unpaired) electrons. The van der Waals surface area contributed by atoms with Crippen molar-refractivity contribution in [3.05, 3.63) is 47.4 Å². The van der Waals surface area contributed by atoms with Crippen LogP contribution in [-0.2, 0) is 6.42 Å². The number of anilines is 2. The number of thiazole rings is 1. The van der Waals surface area contributed by atoms with E-state index in [-0.39, 0.29) is 28.9 Å². The second-order valence-electron chi connectivity index (χ2n) is 7.86. The fourth-order valence-corrected chi connectivity index (χ4v) is 4.60. The number of urea groups is 1. The fourth-order valence-electron chi connectivity index (χ4n) is 3.73. The molecule has 2 amide bonds. The number of halogens is 3. The van der Waals surface area contributed by atoms with Crippen LogP contribution in [0.15, 0.2) is 24.4 Å². The molecule has 0 unspecified atom stereocenters. The van der Waals surface area contributed by atoms with Crippen LogP contribution in [-0.4, -0.2) is 69.5 Å². The molecule has 2 aromatic heterocycles. The number of fused-ring (bicyclic) bond motifs is 1. The van der Waals surface area contributed by atoms with Gasteiger partial charge in [0.2, 0.25) is 0 Å². The zero-order valence-corrected chi connectivity index (χ0v) is 18.4. The molecule has 0 saturated carbocycles. The van der Waals surface area contributed by atoms with Crippen LogP contribution in [0.3, 0.4) is 0 Å². The highest BCUT2D eigenvalue weighted by atomic mass is 32.1. The Morgan fingerprint density at radius 2 is 2.00 bits per heavy atom. The molecule has 3 aromatic rings. The molecule has 33 heavy (non-hydrogen) atoms. The number of piperazine rings is 1. The molecule has 4 rings (SSSR count). The van der Waals surface area contributed by atoms with Crippen molar-refractivity contribution in [1.82, 2.24) is 14.9 Å². The summed E-state index contributed by atoms with van der Waals surface area (Å²) >= 11 is 1.04. The van der Waals surface area contributed by atoms with Crippen LogP contribution in [0.5, 0.6) is 0 Å². The average molecular weight is 482 g/mol. The van der Waals surface area contributed by atoms with Crippen molar-refractivity contribution in [2.75, 3.05) is 36.5 Å². The van der Waals surface area contributed by atoms with E-state index < -0.39 is 36.2 Å². The third-order valence-corrected chi connectivity index (χ3v) is 6.33. The Bertz CT molecular complexity index is 1140. The molecule has 1 fully saturated rings. The summed E-state index contributed by atoms with van der Waals surface area (Å²) in [5.74, 6) is -2.38. The second kappa shape index (κ2) is 9.49. The normalized spacial score (nSPS) is 17.5. The Labute approximate surface area is 191 Å². The Kier molecular flexibility index (Phi) is 6.68. The number of rotatable bonds is 5. The van der Waals surface area contributed by atoms with E-state index in [1.807, 2.05) is 6.92 Å². The van der Waals surface area contributed by atoms with E-state index >= 15 is 0 Å². The first-order valence-electron chi connectivity index (χ1n) is 10.3. The van der Waals surface area contributed by atoms with Gasteiger partial charge in [-0.15, -0.1) is 0 Å². The lowest BCUT2D eigenvalue weighted by molar-refractivity contribution is 0.0954. The molecule has 1 aliphatic heterocycles. The van der Waals surface area contributed by atoms with Gasteiger partial charge in [0.05, 0.1) is 22.9 Å². The van der Waals surface area contributed by atoms with Crippen molar-refractivity contribution in [3.8, 4) is 0 Å². The molecule has 2 atom stereocenters. The molecule has 176 valence electrons. The molecular weight excluding hydrogens is 459 g/mol. The van der Waals surface area contributed by atoms with Gasteiger partial charge in [-0.25, -0.2) is 27.9 Å². The number of benzene rings is 1. The molecule has 1 saturated heterocycles. The van der Waals surface area contributed by atoms with Crippen molar-refractivity contribution in [2.45, 2.75) is 25.5 Å². The monoisotopic (exact) mass is 481 g/mol. The predicted molar refractivity (Wildman–Crippen MR) is 118 cm³/mol. The minimum Gasteiger partial charge on any atom is -0.394 e. The lowest BCUT2D eigenvalue weighted by Crippen LogP contribution is -2.55. The number of nitrogens with zero attached hydrogens (tertiary/aromatic N) is 4. The van der Waals surface area contributed by atoms with E-state index in [1.165, 1.54) is 12.3 Å². The fraction of sp³-hybridized carbons (Fsp3) is 0.381. The molecule has 1 aliphatic rings. The molecule has 0 aliphatic carbocycles. The van der Waals surface area contributed by atoms with E-state index in [1.54, 1.807) is 9.80 Å². The quantitative estimate of drug-likeness (QED) is 0.518. The van der Waals surface area contributed by atoms with Crippen LogP contribution in [0.2, 0.25) is 0 Å². The van der Waals surface area contributed by atoms with Crippen LogP contribution < -0.4 is 10.2 Å². The number of carbonyl (C=O) groups is 1. The van der Waals surface area contributed by atoms with Crippen molar-refractivity contribution in [3.63, 3.8) is 0 Å². The maximum Gasteiger partial charge on any atom is 0.323 e. The summed E-state index contributed by atoms with van der Waals surface area (Å²) in [6.07, 6.45) is 0.573. The van der Waals surface area contributed by atoms with Crippen molar-refractivity contribution in [2.24, 2.45) is 0 Å². The van der Waals surface area contributed by atoms with Crippen molar-refractivity contribution < 1.29 is 28.2 Å². The number of amides is 2. The van der Waals surface area contributed by atoms with Gasteiger partial charge in [0.25, 0.3) is 0 Å². The number of hydrogen-bond donors (Lipinski definition) is 3. The molecule has 12 heteroatoms. The van der Waals surface area contributed by atoms with Gasteiger partial charge in [-0.1, -0.05) is 11.3 Å². The first kappa shape index (κ1) is 23.2. The Hall–Kier alpha value is -2.96. The average Bonchev–Trinajstić information content (AvgIpc) is 3.15. The summed E-state index contributed by atoms with van der Waals surface area (Å²) in [7, 11) is 0. The van der Waals surface area contributed by atoms with E-state index in [4.69, 9.17) is 5.11 Å². The third-order valence-electron chi connectivity index (χ3n) is 5.39. The zero-order valence-electron chi connectivity index (χ0n) is 17.6. The lowest BCUT2D eigenvalue weighted by atomic mass is 10.1. The summed E-state index contributed by atoms with van der Waals surface area (Å²) in [6, 6.07) is 2.65. The first-order valence-corrected chi connectivity index (χ1v) is 11.1. The number of aliphatic hydroxyl groups is 2. The Morgan fingerprint density at radius 3 is 2.70 bits per heavy atom. The molecule has 3 heterocycles. The molecule has 1 aromatic carbocycles. The third kappa shape index (κ3) is 5.02. The lowest BCUT2D eigenvalue weighted by Gasteiger charge is -2.40. The van der Waals surface area contributed by atoms with Crippen LogP contribution in [0, 0.1) is 17.5 Å². The van der Waals surface area contributed by atoms with Crippen molar-refractivity contribution in [1.29, 1.82) is 0 Å². The number of hydrogen-bond acceptors (Lipinski definition) is 7. The highest BCUT2D eigenvalue weighted by Crippen LogP contribution is 2.28. The minimum atomic E-state index is -1.01. The highest BCUT2D eigenvalue weighted by Gasteiger charge is 2.29. The second-order valence-corrected chi connectivity index (χ2v) is 8.89. The van der Waals surface area contributed by atoms with Gasteiger partial charge in [0.1, 0.15) is 0 Å². The van der Waals surface area contributed by atoms with Gasteiger partial charge in [-0.05, 0) is 24.6 Å². The SMILES string of the molecule is C[C@@H]1CN(C(=O)Nc2nc3cc(F)c(F)cc3s2)CCN1c1ncc(C[C@H](O)CO)cc1F. The van der Waals surface area contributed by atoms with E-state index in [2.05, 4.69) is 15.3 Å². The maximum atomic E-state index is 14.7. The van der Waals surface area contributed by atoms with Gasteiger partial charge >= 0.3 is 6.03 Å². The molecule has 3 N–H and O–H groups in total. The highest BCUT2D eigenvalue weighted by molar-refractivity contribution is 7.22. The molecule has 8 nitrogen and oxygen atoms in total. The van der Waals surface area contributed by atoms with Gasteiger partial charge in [0.15, 0.2) is 28.4 Å². The van der Waals surface area contributed by atoms with Crippen molar-refractivity contribution >= 4 is 38.5 Å². The topological polar surface area (TPSA) is 102 Å². The van der Waals surface area contributed by atoms with Gasteiger partial charge < -0.3 is 20.0 Å². The largest absolute Gasteiger partial charge is 0.394 e. The minimum absolute atomic E-state index is 0.0925. The number of pyridine rings is 1. The van der Waals surface area contributed by atoms with Gasteiger partial charge in [0, 0.05) is 44.4 Å². The maximum absolute atomic E-state index is 14.7. The predicted octanol–water partition coefficient (Wildman–Crippen LogP) is 2.75. The number of carbonyl (C=O) groups excluding carboxylic acids is 1. The summed E-state index contributed by atoms with van der Waals surface area (Å²) < 4.78 is 41.9. The molecular formula is C21H22F3N5O3S. The van der Waals surface area contributed by atoms with Gasteiger partial charge in [-0.2, -0.15) is 0 Å². The summed E-state index contributed by atoms with van der Waals surface area (Å²) in [4.78, 5) is 24.3. The summed E-state index contributed by atoms with van der Waals surface area (Å²) in [6.45, 7) is 2.36. The van der Waals surface area contributed by atoms with Crippen LogP contribution >= 0.6 is 11.3 Å². The summed E-state index contributed by atoms with van der Waals surface area (Å²) in [5, 5.41) is 21.3. The van der Waals surface area contributed by atoms with Crippen LogP contribution in [0.25, 0.3) is 10.2 Å². The molecule has 0 bridgehead atoms. The standard InChI is InChI=1S/C21H22F3N5O3S/c1-11-9-28(21(32)27-20-26-17-6-14(22)15(23)7-18(17)33-20)2-3-29(11)19-16(24)5-12(8-25-19)4-13(31)10-30/h5-8,11,13,30-31H,2-4,9-10H2,1H3,(H,26,27,32)/t11-,13+/m1/s1. The first-order chi connectivity index (χ1) is 15.7. The van der Waals surface area contributed by atoms with Crippen LogP contribution in [0.1, 0.15) is 12.5 Å². The Balaban J connectivity index is 1.40. The molecule has 0 spiro atoms. The number of aromatic nitrogens is 2. The van der Waals surface area contributed by atoms with E-state index in [0.29, 0.717) is 29.9 Å². The smallest absolute Gasteiger partial charge is 0.323 e. The summed E-state index contributed by atoms with van der Waals surface area (Å²) in [5.41, 5.74) is 0.725. The van der Waals surface area contributed by atoms with Crippen LogP contribution in [0.4, 0.5) is 28.9 Å². The Morgan fingerprint density at radius 1 is 1.24 bits per heavy atom. The number of nitrogens with one attached hydrogen (secondary N) is 1. The van der Waals surface area contributed by atoms with E-state index in [9.17, 15) is 23.1 Å². The zero-order chi connectivity index (χ0) is 23.7. The van der Waals surface area contributed by atoms with E-state index in [0.717, 1.165) is 23.5 Å². The number of aliphatic hydroxyl groups excluding tert-OH is 2. The van der Waals surface area contributed by atoms with Gasteiger partial charge in [-0.3, -0.25) is 5.32 Å².